The maximum absolute atomic E-state index is 5.61. The summed E-state index contributed by atoms with van der Waals surface area (Å²) in [5.41, 5.74) is 5.61. The molecule has 0 aliphatic carbocycles. The monoisotopic (exact) mass is 150 g/mol. The van der Waals surface area contributed by atoms with Gasteiger partial charge in [0.15, 0.2) is 0 Å². The normalized spacial score (nSPS) is 13.5. The fourth-order valence-electron chi connectivity index (χ4n) is 0.976. The van der Waals surface area contributed by atoms with Crippen molar-refractivity contribution in [2.75, 3.05) is 13.1 Å². The van der Waals surface area contributed by atoms with Crippen LogP contribution < -0.4 is 11.1 Å². The fraction of sp³-hybridized carbons (Fsp3) is 1.00. The van der Waals surface area contributed by atoms with E-state index in [1.807, 2.05) is 0 Å². The first-order valence-corrected chi connectivity index (χ1v) is 4.73. The first-order valence-electron chi connectivity index (χ1n) is 4.73. The molecule has 3 heteroatoms. The van der Waals surface area contributed by atoms with Crippen molar-refractivity contribution in [3.8, 4) is 0 Å². The van der Waals surface area contributed by atoms with E-state index in [1.165, 1.54) is 19.3 Å². The van der Waals surface area contributed by atoms with Crippen LogP contribution in [-0.2, 0) is 0 Å². The van der Waals surface area contributed by atoms with Crippen LogP contribution >= 0.6 is 0 Å². The fourth-order valence-corrected chi connectivity index (χ4v) is 0.976. The molecule has 0 aliphatic heterocycles. The van der Waals surface area contributed by atoms with E-state index in [0.717, 1.165) is 19.5 Å². The van der Waals surface area contributed by atoms with Crippen molar-refractivity contribution in [3.63, 3.8) is 0 Å². The number of rotatable bonds is 7. The van der Waals surface area contributed by atoms with Crippen molar-refractivity contribution >= 4 is 17.7 Å². The Morgan fingerprint density at radius 1 is 1.36 bits per heavy atom. The Bertz CT molecular complexity index is 76.5. The van der Waals surface area contributed by atoms with Crippen molar-refractivity contribution in [1.82, 2.24) is 5.32 Å². The molecule has 1 unspecified atom stereocenters. The zero-order chi connectivity index (χ0) is 8.53. The first-order chi connectivity index (χ1) is 5.27. The second-order valence-corrected chi connectivity index (χ2v) is 3.22. The second kappa shape index (κ2) is 8.61. The predicted molar refractivity (Wildman–Crippen MR) is 50.7 cm³/mol. The van der Waals surface area contributed by atoms with E-state index in [-0.39, 0.29) is 0 Å². The molecule has 0 fully saturated rings. The summed E-state index contributed by atoms with van der Waals surface area (Å²) in [6, 6.07) is 0. The second-order valence-electron chi connectivity index (χ2n) is 3.22. The van der Waals surface area contributed by atoms with Gasteiger partial charge in [-0.1, -0.05) is 0 Å². The van der Waals surface area contributed by atoms with Crippen LogP contribution in [0.1, 0.15) is 32.6 Å². The van der Waals surface area contributed by atoms with Crippen LogP contribution in [0.25, 0.3) is 0 Å². The van der Waals surface area contributed by atoms with Gasteiger partial charge in [0.1, 0.15) is 0 Å². The van der Waals surface area contributed by atoms with Gasteiger partial charge in [0, 0.05) is 0 Å². The van der Waals surface area contributed by atoms with E-state index in [0.29, 0.717) is 4.71 Å². The summed E-state index contributed by atoms with van der Waals surface area (Å²) in [6.45, 7) is 4.50. The molecule has 0 amide bonds. The van der Waals surface area contributed by atoms with Crippen molar-refractivity contribution in [2.45, 2.75) is 37.3 Å². The molecule has 0 rings (SSSR count). The standard InChI is InChI=1S/C8H19N2.Li/c1-2-3-7-10-8-5-4-6-9;/h6,10H,2-5,7-9H2,1H3;. The third kappa shape index (κ3) is 10.5. The van der Waals surface area contributed by atoms with Crippen LogP contribution in [0.2, 0.25) is 0 Å². The molecule has 1 atom stereocenters. The summed E-state index contributed by atoms with van der Waals surface area (Å²) >= 11 is 2.06. The minimum absolute atomic E-state index is 0.364. The number of nitrogens with one attached hydrogen (secondary N) is 1. The molecular weight excluding hydrogens is 131 g/mol. The molecule has 0 aromatic carbocycles. The summed E-state index contributed by atoms with van der Waals surface area (Å²) in [6.07, 6.45) is 4.92. The predicted octanol–water partition coefficient (Wildman–Crippen LogP) is 0.610. The molecule has 0 spiro atoms. The van der Waals surface area contributed by atoms with Gasteiger partial charge < -0.3 is 0 Å². The number of unbranched alkanes of at least 4 members (excludes halogenated alkanes) is 1. The number of nitrogens with two attached hydrogens (primary N) is 1. The Morgan fingerprint density at radius 3 is 2.55 bits per heavy atom. The van der Waals surface area contributed by atoms with E-state index in [4.69, 9.17) is 5.73 Å². The zero-order valence-corrected chi connectivity index (χ0v) is 7.90. The molecule has 0 saturated heterocycles. The van der Waals surface area contributed by atoms with Gasteiger partial charge in [-0.2, -0.15) is 0 Å². The van der Waals surface area contributed by atoms with Gasteiger partial charge in [-0.15, -0.1) is 0 Å². The quantitative estimate of drug-likeness (QED) is 0.412. The molecule has 11 heavy (non-hydrogen) atoms. The minimum atomic E-state index is 0.364. The Balaban J connectivity index is 2.80. The molecular formula is C8H19LiN2. The molecule has 0 saturated carbocycles. The SMILES string of the molecule is [Li][CH](N)CCCNCCCC. The molecule has 0 radical (unpaired) electrons. The van der Waals surface area contributed by atoms with E-state index in [1.54, 1.807) is 0 Å². The summed E-state index contributed by atoms with van der Waals surface area (Å²) < 4.78 is 0.364. The first kappa shape index (κ1) is 11.5. The Morgan fingerprint density at radius 2 is 2.00 bits per heavy atom. The van der Waals surface area contributed by atoms with Gasteiger partial charge in [0.2, 0.25) is 0 Å². The molecule has 3 N–H and O–H groups in total. The van der Waals surface area contributed by atoms with Gasteiger partial charge in [-0.05, 0) is 0 Å². The molecule has 0 aliphatic rings. The molecule has 0 aromatic heterocycles. The summed E-state index contributed by atoms with van der Waals surface area (Å²) in [7, 11) is 0. The van der Waals surface area contributed by atoms with Gasteiger partial charge in [0.25, 0.3) is 0 Å². The van der Waals surface area contributed by atoms with Crippen LogP contribution in [0.15, 0.2) is 0 Å². The van der Waals surface area contributed by atoms with Crippen LogP contribution in [0, 0.1) is 0 Å². The van der Waals surface area contributed by atoms with Crippen molar-refractivity contribution in [3.05, 3.63) is 0 Å². The van der Waals surface area contributed by atoms with E-state index < -0.39 is 0 Å². The van der Waals surface area contributed by atoms with Gasteiger partial charge in [0.05, 0.1) is 0 Å². The summed E-state index contributed by atoms with van der Waals surface area (Å²) in [5, 5.41) is 3.39. The van der Waals surface area contributed by atoms with E-state index >= 15 is 0 Å². The molecule has 0 heterocycles. The number of hydrogen-bond acceptors (Lipinski definition) is 2. The zero-order valence-electron chi connectivity index (χ0n) is 7.90. The Kier molecular flexibility index (Phi) is 9.02. The van der Waals surface area contributed by atoms with E-state index in [2.05, 4.69) is 30.0 Å². The average Bonchev–Trinajstić information content (AvgIpc) is 1.96. The average molecular weight is 150 g/mol. The Hall–Kier alpha value is 0.517. The number of hydrogen-bond donors (Lipinski definition) is 2. The molecule has 62 valence electrons. The van der Waals surface area contributed by atoms with Crippen LogP contribution in [-0.4, -0.2) is 35.5 Å². The molecule has 0 bridgehead atoms. The van der Waals surface area contributed by atoms with Gasteiger partial charge in [-0.25, -0.2) is 0 Å². The van der Waals surface area contributed by atoms with Crippen molar-refractivity contribution in [2.24, 2.45) is 5.73 Å². The topological polar surface area (TPSA) is 38.0 Å². The molecule has 0 aromatic rings. The summed E-state index contributed by atoms with van der Waals surface area (Å²) in [5.74, 6) is 0. The van der Waals surface area contributed by atoms with Crippen molar-refractivity contribution < 1.29 is 0 Å². The van der Waals surface area contributed by atoms with Crippen LogP contribution in [0.4, 0.5) is 0 Å². The van der Waals surface area contributed by atoms with Crippen LogP contribution in [0.5, 0.6) is 0 Å². The van der Waals surface area contributed by atoms with Crippen LogP contribution in [0.3, 0.4) is 0 Å². The Labute approximate surface area is 79.5 Å². The molecule has 2 nitrogen and oxygen atoms in total. The summed E-state index contributed by atoms with van der Waals surface area (Å²) in [4.78, 5) is 0. The maximum atomic E-state index is 5.61. The third-order valence-electron chi connectivity index (χ3n) is 1.72. The van der Waals surface area contributed by atoms with Gasteiger partial charge in [-0.3, -0.25) is 0 Å². The third-order valence-corrected chi connectivity index (χ3v) is 1.72. The van der Waals surface area contributed by atoms with E-state index in [9.17, 15) is 0 Å². The van der Waals surface area contributed by atoms with Crippen molar-refractivity contribution in [1.29, 1.82) is 0 Å². The van der Waals surface area contributed by atoms with Gasteiger partial charge >= 0.3 is 79.2 Å².